The van der Waals surface area contributed by atoms with Crippen LogP contribution in [0.2, 0.25) is 0 Å². The van der Waals surface area contributed by atoms with Crippen LogP contribution in [0.1, 0.15) is 43.7 Å². The summed E-state index contributed by atoms with van der Waals surface area (Å²) in [4.78, 5) is 27.7. The second-order valence-electron chi connectivity index (χ2n) is 8.81. The molecule has 190 valence electrons. The van der Waals surface area contributed by atoms with Crippen LogP contribution in [0.15, 0.2) is 59.5 Å². The van der Waals surface area contributed by atoms with Gasteiger partial charge in [0, 0.05) is 39.2 Å². The summed E-state index contributed by atoms with van der Waals surface area (Å²) in [7, 11) is -3.47. The second-order valence-corrected chi connectivity index (χ2v) is 10.7. The lowest BCUT2D eigenvalue weighted by atomic mass is 10.1. The van der Waals surface area contributed by atoms with E-state index in [9.17, 15) is 18.0 Å². The molecule has 0 saturated carbocycles. The summed E-state index contributed by atoms with van der Waals surface area (Å²) in [6.07, 6.45) is 2.86. The summed E-state index contributed by atoms with van der Waals surface area (Å²) in [5.74, 6) is -0.424. The van der Waals surface area contributed by atoms with Crippen molar-refractivity contribution < 1.29 is 23.1 Å². The highest BCUT2D eigenvalue weighted by Gasteiger charge is 2.28. The van der Waals surface area contributed by atoms with E-state index >= 15 is 0 Å². The lowest BCUT2D eigenvalue weighted by Crippen LogP contribution is -2.47. The molecule has 1 fully saturated rings. The molecule has 0 spiro atoms. The molecule has 0 bridgehead atoms. The summed E-state index contributed by atoms with van der Waals surface area (Å²) >= 11 is 0. The number of carbonyl (C=O) groups excluding carboxylic acids is 2. The van der Waals surface area contributed by atoms with Gasteiger partial charge in [-0.05, 0) is 55.9 Å². The zero-order chi connectivity index (χ0) is 25.3. The van der Waals surface area contributed by atoms with E-state index in [0.717, 1.165) is 24.0 Å². The van der Waals surface area contributed by atoms with Gasteiger partial charge in [-0.1, -0.05) is 42.5 Å². The monoisotopic (exact) mass is 501 g/mol. The Balaban J connectivity index is 1.65. The van der Waals surface area contributed by atoms with Crippen LogP contribution in [0.5, 0.6) is 0 Å². The number of sulfonamides is 1. The highest BCUT2D eigenvalue weighted by molar-refractivity contribution is 7.89. The molecule has 0 radical (unpaired) electrons. The fourth-order valence-corrected chi connectivity index (χ4v) is 5.62. The number of carbonyl (C=O) groups is 2. The van der Waals surface area contributed by atoms with Gasteiger partial charge in [0.2, 0.25) is 21.8 Å². The number of benzene rings is 2. The molecule has 2 aromatic carbocycles. The van der Waals surface area contributed by atoms with Gasteiger partial charge in [0.15, 0.2) is 0 Å². The maximum Gasteiger partial charge on any atom is 0.243 e. The fourth-order valence-electron chi connectivity index (χ4n) is 4.10. The van der Waals surface area contributed by atoms with Crippen molar-refractivity contribution in [3.8, 4) is 0 Å². The van der Waals surface area contributed by atoms with E-state index < -0.39 is 16.1 Å². The zero-order valence-electron chi connectivity index (χ0n) is 20.2. The normalized spacial score (nSPS) is 15.0. The minimum absolute atomic E-state index is 0.0144. The van der Waals surface area contributed by atoms with Crippen molar-refractivity contribution in [2.24, 2.45) is 0 Å². The fraction of sp³-hybridized carbons (Fsp3) is 0.462. The maximum atomic E-state index is 13.2. The molecule has 9 heteroatoms. The Kier molecular flexibility index (Phi) is 9.83. The van der Waals surface area contributed by atoms with Crippen molar-refractivity contribution in [1.82, 2.24) is 14.5 Å². The third-order valence-electron chi connectivity index (χ3n) is 6.25. The second kappa shape index (κ2) is 12.8. The number of hydrogen-bond donors (Lipinski definition) is 2. The van der Waals surface area contributed by atoms with Crippen molar-refractivity contribution in [1.29, 1.82) is 0 Å². The number of aliphatic hydroxyl groups excluding tert-OH is 1. The third kappa shape index (κ3) is 7.37. The molecule has 1 heterocycles. The Morgan fingerprint density at radius 3 is 2.31 bits per heavy atom. The first-order chi connectivity index (χ1) is 16.8. The Labute approximate surface area is 208 Å². The highest BCUT2D eigenvalue weighted by Crippen LogP contribution is 2.21. The largest absolute Gasteiger partial charge is 0.396 e. The van der Waals surface area contributed by atoms with Crippen LogP contribution in [-0.4, -0.2) is 66.8 Å². The number of rotatable bonds is 12. The highest BCUT2D eigenvalue weighted by atomic mass is 32.2. The van der Waals surface area contributed by atoms with E-state index in [1.54, 1.807) is 36.1 Å². The van der Waals surface area contributed by atoms with E-state index in [1.165, 1.54) is 4.31 Å². The molecule has 0 unspecified atom stereocenters. The number of aliphatic hydroxyl groups is 1. The average Bonchev–Trinajstić information content (AvgIpc) is 3.42. The molecule has 2 amide bonds. The molecule has 1 saturated heterocycles. The SMILES string of the molecule is C[C@H](C(=O)NCCCO)N(Cc1ccccc1)C(=O)CCc1ccc(S(=O)(=O)N2CCCC2)cc1. The maximum absolute atomic E-state index is 13.2. The van der Waals surface area contributed by atoms with Crippen LogP contribution in [0.3, 0.4) is 0 Å². The van der Waals surface area contributed by atoms with Gasteiger partial charge in [-0.15, -0.1) is 0 Å². The molecule has 2 N–H and O–H groups in total. The van der Waals surface area contributed by atoms with Crippen LogP contribution in [0.25, 0.3) is 0 Å². The standard InChI is InChI=1S/C26H35N3O5S/c1-21(26(32)27-16-7-19-30)29(20-23-8-3-2-4-9-23)25(31)15-12-22-10-13-24(14-11-22)35(33,34)28-17-5-6-18-28/h2-4,8-11,13-14,21,30H,5-7,12,15-20H2,1H3,(H,27,32)/t21-/m1/s1. The van der Waals surface area contributed by atoms with Crippen molar-refractivity contribution in [3.63, 3.8) is 0 Å². The van der Waals surface area contributed by atoms with Crippen LogP contribution >= 0.6 is 0 Å². The van der Waals surface area contributed by atoms with Crippen LogP contribution in [-0.2, 0) is 32.6 Å². The van der Waals surface area contributed by atoms with E-state index in [2.05, 4.69) is 5.32 Å². The van der Waals surface area contributed by atoms with E-state index in [4.69, 9.17) is 5.11 Å². The minimum Gasteiger partial charge on any atom is -0.396 e. The molecule has 35 heavy (non-hydrogen) atoms. The number of nitrogens with one attached hydrogen (secondary N) is 1. The smallest absolute Gasteiger partial charge is 0.243 e. The quantitative estimate of drug-likeness (QED) is 0.434. The number of hydrogen-bond acceptors (Lipinski definition) is 5. The first-order valence-electron chi connectivity index (χ1n) is 12.1. The molecule has 1 aliphatic heterocycles. The Bertz CT molecular complexity index is 1070. The topological polar surface area (TPSA) is 107 Å². The molecule has 0 aromatic heterocycles. The molecule has 2 aromatic rings. The minimum atomic E-state index is -3.47. The van der Waals surface area contributed by atoms with Gasteiger partial charge in [0.1, 0.15) is 6.04 Å². The molecule has 3 rings (SSSR count). The average molecular weight is 502 g/mol. The number of nitrogens with zero attached hydrogens (tertiary/aromatic N) is 2. The Hall–Kier alpha value is -2.75. The molecule has 0 aliphatic carbocycles. The van der Waals surface area contributed by atoms with Gasteiger partial charge in [0.05, 0.1) is 4.90 Å². The van der Waals surface area contributed by atoms with Crippen LogP contribution in [0.4, 0.5) is 0 Å². The summed E-state index contributed by atoms with van der Waals surface area (Å²) in [5.41, 5.74) is 1.78. The first-order valence-corrected chi connectivity index (χ1v) is 13.6. The van der Waals surface area contributed by atoms with Crippen molar-refractivity contribution >= 4 is 21.8 Å². The first kappa shape index (κ1) is 26.8. The van der Waals surface area contributed by atoms with Gasteiger partial charge in [-0.25, -0.2) is 8.42 Å². The van der Waals surface area contributed by atoms with Crippen LogP contribution < -0.4 is 5.32 Å². The van der Waals surface area contributed by atoms with Gasteiger partial charge in [-0.3, -0.25) is 9.59 Å². The van der Waals surface area contributed by atoms with E-state index in [1.807, 2.05) is 30.3 Å². The summed E-state index contributed by atoms with van der Waals surface area (Å²) < 4.78 is 27.0. The third-order valence-corrected chi connectivity index (χ3v) is 8.16. The van der Waals surface area contributed by atoms with Gasteiger partial charge in [-0.2, -0.15) is 4.31 Å². The molecule has 1 aliphatic rings. The predicted octanol–water partition coefficient (Wildman–Crippen LogP) is 2.32. The molecule has 1 atom stereocenters. The lowest BCUT2D eigenvalue weighted by molar-refractivity contribution is -0.140. The predicted molar refractivity (Wildman–Crippen MR) is 134 cm³/mol. The Morgan fingerprint density at radius 1 is 1.03 bits per heavy atom. The summed E-state index contributed by atoms with van der Waals surface area (Å²) in [6, 6.07) is 15.5. The van der Waals surface area contributed by atoms with Crippen molar-refractivity contribution in [2.75, 3.05) is 26.2 Å². The number of aryl methyl sites for hydroxylation is 1. The van der Waals surface area contributed by atoms with Gasteiger partial charge < -0.3 is 15.3 Å². The van der Waals surface area contributed by atoms with Crippen molar-refractivity contribution in [3.05, 3.63) is 65.7 Å². The van der Waals surface area contributed by atoms with Gasteiger partial charge in [0.25, 0.3) is 0 Å². The summed E-state index contributed by atoms with van der Waals surface area (Å²) in [6.45, 7) is 3.46. The lowest BCUT2D eigenvalue weighted by Gasteiger charge is -2.29. The Morgan fingerprint density at radius 2 is 1.69 bits per heavy atom. The van der Waals surface area contributed by atoms with E-state index in [-0.39, 0.29) is 29.7 Å². The van der Waals surface area contributed by atoms with Crippen molar-refractivity contribution in [2.45, 2.75) is 56.5 Å². The van der Waals surface area contributed by atoms with Gasteiger partial charge >= 0.3 is 0 Å². The number of amides is 2. The van der Waals surface area contributed by atoms with E-state index in [0.29, 0.717) is 39.0 Å². The summed E-state index contributed by atoms with van der Waals surface area (Å²) in [5, 5.41) is 11.7. The molecular weight excluding hydrogens is 466 g/mol. The molecule has 8 nitrogen and oxygen atoms in total. The molecular formula is C26H35N3O5S. The zero-order valence-corrected chi connectivity index (χ0v) is 21.0. The van der Waals surface area contributed by atoms with Crippen LogP contribution in [0, 0.1) is 0 Å².